The second-order valence-corrected chi connectivity index (χ2v) is 3.25. The number of aliphatic hydroxyl groups excluding tert-OH is 1. The maximum absolute atomic E-state index is 11.3. The fourth-order valence-corrected chi connectivity index (χ4v) is 0.922. The summed E-state index contributed by atoms with van der Waals surface area (Å²) >= 11 is 0. The van der Waals surface area contributed by atoms with Crippen LogP contribution in [-0.4, -0.2) is 23.7 Å². The molecular weight excluding hydrogens is 156 g/mol. The van der Waals surface area contributed by atoms with E-state index in [4.69, 9.17) is 10.4 Å². The van der Waals surface area contributed by atoms with Crippen molar-refractivity contribution in [3.63, 3.8) is 0 Å². The van der Waals surface area contributed by atoms with Crippen molar-refractivity contribution in [2.24, 2.45) is 5.41 Å². The van der Waals surface area contributed by atoms with Crippen molar-refractivity contribution in [1.29, 1.82) is 5.26 Å². The number of aliphatic hydroxyl groups is 1. The zero-order chi connectivity index (χ0) is 9.19. The average Bonchev–Trinajstić information content (AvgIpc) is 2.84. The maximum Gasteiger partial charge on any atom is 0.240 e. The zero-order valence-electron chi connectivity index (χ0n) is 7.00. The van der Waals surface area contributed by atoms with Gasteiger partial charge in [-0.1, -0.05) is 0 Å². The molecule has 0 spiro atoms. The fraction of sp³-hybridized carbons (Fsp3) is 0.750. The number of carbonyl (C=O) groups is 1. The molecule has 66 valence electrons. The predicted octanol–water partition coefficient (Wildman–Crippen LogP) is -0.213. The van der Waals surface area contributed by atoms with Gasteiger partial charge in [-0.2, -0.15) is 5.26 Å². The largest absolute Gasteiger partial charge is 0.394 e. The molecule has 0 unspecified atom stereocenters. The van der Waals surface area contributed by atoms with Gasteiger partial charge in [-0.15, -0.1) is 0 Å². The van der Waals surface area contributed by atoms with Crippen LogP contribution in [0, 0.1) is 16.7 Å². The first kappa shape index (κ1) is 9.01. The molecule has 4 heteroatoms. The van der Waals surface area contributed by atoms with Gasteiger partial charge in [0.05, 0.1) is 12.7 Å². The second-order valence-electron chi connectivity index (χ2n) is 3.25. The van der Waals surface area contributed by atoms with Crippen molar-refractivity contribution in [3.8, 4) is 6.07 Å². The summed E-state index contributed by atoms with van der Waals surface area (Å²) in [7, 11) is 0. The number of carbonyl (C=O) groups excluding carboxylic acids is 1. The van der Waals surface area contributed by atoms with Crippen LogP contribution in [0.25, 0.3) is 0 Å². The number of nitrogens with zero attached hydrogens (tertiary/aromatic N) is 1. The van der Waals surface area contributed by atoms with Gasteiger partial charge in [-0.05, 0) is 19.8 Å². The van der Waals surface area contributed by atoms with Crippen molar-refractivity contribution in [2.45, 2.75) is 25.8 Å². The van der Waals surface area contributed by atoms with Crippen LogP contribution >= 0.6 is 0 Å². The van der Waals surface area contributed by atoms with Crippen LogP contribution in [0.15, 0.2) is 0 Å². The molecule has 0 aromatic carbocycles. The van der Waals surface area contributed by atoms with E-state index in [-0.39, 0.29) is 18.6 Å². The Morgan fingerprint density at radius 2 is 2.42 bits per heavy atom. The van der Waals surface area contributed by atoms with Crippen LogP contribution in [0.5, 0.6) is 0 Å². The molecule has 1 saturated carbocycles. The molecule has 1 aliphatic rings. The molecule has 1 atom stereocenters. The lowest BCUT2D eigenvalue weighted by Gasteiger charge is -2.12. The van der Waals surface area contributed by atoms with Crippen LogP contribution in [0.4, 0.5) is 0 Å². The topological polar surface area (TPSA) is 73.1 Å². The minimum absolute atomic E-state index is 0.0900. The minimum atomic E-state index is -0.774. The summed E-state index contributed by atoms with van der Waals surface area (Å²) in [5.41, 5.74) is -0.774. The number of amides is 1. The summed E-state index contributed by atoms with van der Waals surface area (Å²) in [4.78, 5) is 11.3. The molecular formula is C8H12N2O2. The third-order valence-corrected chi connectivity index (χ3v) is 2.05. The van der Waals surface area contributed by atoms with E-state index in [1.54, 1.807) is 6.92 Å². The number of rotatable bonds is 3. The van der Waals surface area contributed by atoms with Gasteiger partial charge < -0.3 is 10.4 Å². The van der Waals surface area contributed by atoms with Gasteiger partial charge in [0.2, 0.25) is 5.91 Å². The molecule has 2 N–H and O–H groups in total. The van der Waals surface area contributed by atoms with Gasteiger partial charge in [-0.25, -0.2) is 0 Å². The van der Waals surface area contributed by atoms with Crippen LogP contribution in [0.1, 0.15) is 19.8 Å². The van der Waals surface area contributed by atoms with Crippen molar-refractivity contribution < 1.29 is 9.90 Å². The van der Waals surface area contributed by atoms with Crippen LogP contribution in [0.3, 0.4) is 0 Å². The smallest absolute Gasteiger partial charge is 0.240 e. The van der Waals surface area contributed by atoms with Crippen molar-refractivity contribution in [1.82, 2.24) is 5.32 Å². The highest BCUT2D eigenvalue weighted by Crippen LogP contribution is 2.44. The Bertz CT molecular complexity index is 228. The molecule has 1 rings (SSSR count). The highest BCUT2D eigenvalue weighted by Gasteiger charge is 2.50. The predicted molar refractivity (Wildman–Crippen MR) is 42.0 cm³/mol. The summed E-state index contributed by atoms with van der Waals surface area (Å²) in [6.07, 6.45) is 1.29. The van der Waals surface area contributed by atoms with Crippen LogP contribution in [-0.2, 0) is 4.79 Å². The Morgan fingerprint density at radius 1 is 1.83 bits per heavy atom. The SMILES string of the molecule is C[C@@H](CO)NC(=O)C1(C#N)CC1. The van der Waals surface area contributed by atoms with Gasteiger partial charge in [0.1, 0.15) is 5.41 Å². The molecule has 4 nitrogen and oxygen atoms in total. The van der Waals surface area contributed by atoms with E-state index in [0.717, 1.165) is 0 Å². The van der Waals surface area contributed by atoms with E-state index < -0.39 is 5.41 Å². The lowest BCUT2D eigenvalue weighted by atomic mass is 10.1. The van der Waals surface area contributed by atoms with E-state index in [1.807, 2.05) is 6.07 Å². The maximum atomic E-state index is 11.3. The van der Waals surface area contributed by atoms with E-state index >= 15 is 0 Å². The quantitative estimate of drug-likeness (QED) is 0.612. The summed E-state index contributed by atoms with van der Waals surface area (Å²) in [6.45, 7) is 1.61. The number of hydrogen-bond donors (Lipinski definition) is 2. The highest BCUT2D eigenvalue weighted by molar-refractivity contribution is 5.88. The standard InChI is InChI=1S/C8H12N2O2/c1-6(4-11)10-7(12)8(5-9)2-3-8/h6,11H,2-4H2,1H3,(H,10,12)/t6-/m0/s1. The average molecular weight is 168 g/mol. The van der Waals surface area contributed by atoms with Gasteiger partial charge in [0.25, 0.3) is 0 Å². The van der Waals surface area contributed by atoms with E-state index in [2.05, 4.69) is 5.32 Å². The van der Waals surface area contributed by atoms with E-state index in [1.165, 1.54) is 0 Å². The van der Waals surface area contributed by atoms with E-state index in [9.17, 15) is 4.79 Å². The van der Waals surface area contributed by atoms with Crippen molar-refractivity contribution in [2.75, 3.05) is 6.61 Å². The Hall–Kier alpha value is -1.08. The molecule has 0 aliphatic heterocycles. The zero-order valence-corrected chi connectivity index (χ0v) is 7.00. The molecule has 12 heavy (non-hydrogen) atoms. The van der Waals surface area contributed by atoms with E-state index in [0.29, 0.717) is 12.8 Å². The molecule has 1 amide bonds. The number of hydrogen-bond acceptors (Lipinski definition) is 3. The molecule has 0 saturated heterocycles. The Balaban J connectivity index is 2.45. The summed E-state index contributed by atoms with van der Waals surface area (Å²) in [5.74, 6) is -0.244. The van der Waals surface area contributed by atoms with Gasteiger partial charge in [0, 0.05) is 6.04 Å². The van der Waals surface area contributed by atoms with Crippen LogP contribution in [0.2, 0.25) is 0 Å². The summed E-state index contributed by atoms with van der Waals surface area (Å²) in [6, 6.07) is 1.73. The van der Waals surface area contributed by atoms with Crippen molar-refractivity contribution in [3.05, 3.63) is 0 Å². The molecule has 0 aromatic heterocycles. The van der Waals surface area contributed by atoms with Gasteiger partial charge >= 0.3 is 0 Å². The highest BCUT2D eigenvalue weighted by atomic mass is 16.3. The normalized spacial score (nSPS) is 20.8. The Kier molecular flexibility index (Phi) is 2.34. The Labute approximate surface area is 71.2 Å². The third-order valence-electron chi connectivity index (χ3n) is 2.05. The molecule has 1 aliphatic carbocycles. The lowest BCUT2D eigenvalue weighted by Crippen LogP contribution is -2.39. The fourth-order valence-electron chi connectivity index (χ4n) is 0.922. The van der Waals surface area contributed by atoms with Crippen molar-refractivity contribution >= 4 is 5.91 Å². The molecule has 1 fully saturated rings. The summed E-state index contributed by atoms with van der Waals surface area (Å²) < 4.78 is 0. The van der Waals surface area contributed by atoms with Crippen LogP contribution < -0.4 is 5.32 Å². The lowest BCUT2D eigenvalue weighted by molar-refractivity contribution is -0.125. The third kappa shape index (κ3) is 1.56. The van der Waals surface area contributed by atoms with Gasteiger partial charge in [-0.3, -0.25) is 4.79 Å². The molecule has 0 aromatic rings. The van der Waals surface area contributed by atoms with Gasteiger partial charge in [0.15, 0.2) is 0 Å². The Morgan fingerprint density at radius 3 is 2.75 bits per heavy atom. The first-order valence-corrected chi connectivity index (χ1v) is 3.98. The minimum Gasteiger partial charge on any atom is -0.394 e. The second kappa shape index (κ2) is 3.11. The first-order chi connectivity index (χ1) is 5.64. The monoisotopic (exact) mass is 168 g/mol. The molecule has 0 bridgehead atoms. The first-order valence-electron chi connectivity index (χ1n) is 3.98. The molecule has 0 radical (unpaired) electrons. The number of nitriles is 1. The molecule has 0 heterocycles. The summed E-state index contributed by atoms with van der Waals surface area (Å²) in [5, 5.41) is 19.9. The number of nitrogens with one attached hydrogen (secondary N) is 1.